The molecule has 2 rings (SSSR count). The number of ketones is 1. The van der Waals surface area contributed by atoms with E-state index in [1.807, 2.05) is 0 Å². The minimum Gasteiger partial charge on any atom is -0.300 e. The lowest BCUT2D eigenvalue weighted by Gasteiger charge is -2.28. The van der Waals surface area contributed by atoms with E-state index in [9.17, 15) is 13.2 Å². The summed E-state index contributed by atoms with van der Waals surface area (Å²) in [6.45, 7) is 1.85. The number of likely N-dealkylation sites (tertiary alicyclic amines) is 1. The highest BCUT2D eigenvalue weighted by Crippen LogP contribution is 2.33. The third-order valence-corrected chi connectivity index (χ3v) is 5.22. The summed E-state index contributed by atoms with van der Waals surface area (Å²) in [7, 11) is -2.86. The Kier molecular flexibility index (Phi) is 4.43. The maximum absolute atomic E-state index is 11.8. The average molecular weight is 273 g/mol. The lowest BCUT2D eigenvalue weighted by atomic mass is 9.95. The topological polar surface area (TPSA) is 54.5 Å². The fourth-order valence-corrected chi connectivity index (χ4v) is 4.02. The fourth-order valence-electron chi connectivity index (χ4n) is 3.36. The van der Waals surface area contributed by atoms with Gasteiger partial charge in [0.2, 0.25) is 0 Å². The van der Waals surface area contributed by atoms with Gasteiger partial charge in [0.05, 0.1) is 5.75 Å². The van der Waals surface area contributed by atoms with Crippen molar-refractivity contribution in [2.45, 2.75) is 44.6 Å². The van der Waals surface area contributed by atoms with E-state index < -0.39 is 9.84 Å². The van der Waals surface area contributed by atoms with Gasteiger partial charge in [0, 0.05) is 24.6 Å². The van der Waals surface area contributed by atoms with Crippen LogP contribution >= 0.6 is 0 Å². The molecule has 0 spiro atoms. The summed E-state index contributed by atoms with van der Waals surface area (Å²) in [4.78, 5) is 14.2. The summed E-state index contributed by atoms with van der Waals surface area (Å²) in [5, 5.41) is 0. The summed E-state index contributed by atoms with van der Waals surface area (Å²) in [6.07, 6.45) is 7.05. The minimum atomic E-state index is -2.86. The van der Waals surface area contributed by atoms with Crippen molar-refractivity contribution in [1.82, 2.24) is 4.90 Å². The van der Waals surface area contributed by atoms with E-state index in [-0.39, 0.29) is 11.7 Å². The highest BCUT2D eigenvalue weighted by Gasteiger charge is 2.37. The number of rotatable bonds is 5. The highest BCUT2D eigenvalue weighted by atomic mass is 32.2. The number of carbonyl (C=O) groups is 1. The zero-order chi connectivity index (χ0) is 13.2. The Hall–Kier alpha value is -0.420. The van der Waals surface area contributed by atoms with Crippen molar-refractivity contribution < 1.29 is 13.2 Å². The first-order valence-electron chi connectivity index (χ1n) is 6.92. The zero-order valence-electron chi connectivity index (χ0n) is 11.1. The molecule has 4 nitrogen and oxygen atoms in total. The van der Waals surface area contributed by atoms with Crippen LogP contribution < -0.4 is 0 Å². The molecular weight excluding hydrogens is 250 g/mol. The van der Waals surface area contributed by atoms with Crippen LogP contribution in [0.25, 0.3) is 0 Å². The van der Waals surface area contributed by atoms with Crippen LogP contribution in [0.5, 0.6) is 0 Å². The molecule has 0 aromatic rings. The molecule has 0 amide bonds. The van der Waals surface area contributed by atoms with Gasteiger partial charge in [-0.1, -0.05) is 0 Å². The summed E-state index contributed by atoms with van der Waals surface area (Å²) in [5.41, 5.74) is 0. The van der Waals surface area contributed by atoms with Crippen LogP contribution in [0.2, 0.25) is 0 Å². The molecule has 0 radical (unpaired) electrons. The number of hydrogen-bond donors (Lipinski definition) is 0. The molecule has 5 heteroatoms. The number of sulfone groups is 1. The predicted molar refractivity (Wildman–Crippen MR) is 71.3 cm³/mol. The SMILES string of the molecule is CS(=O)(=O)CCCN1CCCC1C1CCCC1=O. The third kappa shape index (κ3) is 3.54. The van der Waals surface area contributed by atoms with Crippen molar-refractivity contribution >= 4 is 15.6 Å². The molecule has 2 aliphatic rings. The average Bonchev–Trinajstić information content (AvgIpc) is 2.84. The third-order valence-electron chi connectivity index (χ3n) is 4.19. The van der Waals surface area contributed by atoms with Gasteiger partial charge in [-0.25, -0.2) is 8.42 Å². The molecule has 104 valence electrons. The normalized spacial score (nSPS) is 30.2. The Morgan fingerprint density at radius 3 is 2.67 bits per heavy atom. The van der Waals surface area contributed by atoms with Gasteiger partial charge in [0.15, 0.2) is 0 Å². The molecule has 1 saturated heterocycles. The van der Waals surface area contributed by atoms with Crippen molar-refractivity contribution in [2.75, 3.05) is 25.1 Å². The van der Waals surface area contributed by atoms with Gasteiger partial charge < -0.3 is 0 Å². The van der Waals surface area contributed by atoms with Crippen molar-refractivity contribution in [2.24, 2.45) is 5.92 Å². The predicted octanol–water partition coefficient (Wildman–Crippen LogP) is 1.25. The number of carbonyl (C=O) groups excluding carboxylic acids is 1. The maximum atomic E-state index is 11.8. The first kappa shape index (κ1) is 14.0. The van der Waals surface area contributed by atoms with Gasteiger partial charge in [-0.05, 0) is 45.2 Å². The van der Waals surface area contributed by atoms with E-state index in [1.165, 1.54) is 6.26 Å². The van der Waals surface area contributed by atoms with Crippen molar-refractivity contribution in [3.8, 4) is 0 Å². The van der Waals surface area contributed by atoms with Crippen LogP contribution in [-0.2, 0) is 14.6 Å². The summed E-state index contributed by atoms with van der Waals surface area (Å²) in [6, 6.07) is 0.388. The fraction of sp³-hybridized carbons (Fsp3) is 0.923. The molecule has 1 aliphatic carbocycles. The van der Waals surface area contributed by atoms with E-state index in [1.54, 1.807) is 0 Å². The Balaban J connectivity index is 1.86. The van der Waals surface area contributed by atoms with Gasteiger partial charge in [-0.2, -0.15) is 0 Å². The Morgan fingerprint density at radius 1 is 1.28 bits per heavy atom. The smallest absolute Gasteiger partial charge is 0.147 e. The van der Waals surface area contributed by atoms with E-state index in [0.717, 1.165) is 45.2 Å². The molecule has 0 bridgehead atoms. The number of nitrogens with zero attached hydrogens (tertiary/aromatic N) is 1. The molecule has 0 aromatic carbocycles. The van der Waals surface area contributed by atoms with Crippen LogP contribution in [0.1, 0.15) is 38.5 Å². The van der Waals surface area contributed by atoms with Gasteiger partial charge in [0.25, 0.3) is 0 Å². The molecule has 2 unspecified atom stereocenters. The second kappa shape index (κ2) is 5.70. The lowest BCUT2D eigenvalue weighted by molar-refractivity contribution is -0.122. The molecule has 1 heterocycles. The zero-order valence-corrected chi connectivity index (χ0v) is 11.9. The van der Waals surface area contributed by atoms with Crippen molar-refractivity contribution in [3.05, 3.63) is 0 Å². The monoisotopic (exact) mass is 273 g/mol. The molecule has 0 N–H and O–H groups in total. The van der Waals surface area contributed by atoms with Crippen LogP contribution in [-0.4, -0.2) is 50.2 Å². The molecule has 18 heavy (non-hydrogen) atoms. The van der Waals surface area contributed by atoms with Crippen LogP contribution in [0, 0.1) is 5.92 Å². The number of hydrogen-bond acceptors (Lipinski definition) is 4. The quantitative estimate of drug-likeness (QED) is 0.756. The number of Topliss-reactive ketones (excluding diaryl/α,β-unsaturated/α-hetero) is 1. The first-order chi connectivity index (χ1) is 8.47. The van der Waals surface area contributed by atoms with Gasteiger partial charge >= 0.3 is 0 Å². The molecule has 0 aromatic heterocycles. The molecule has 1 aliphatic heterocycles. The van der Waals surface area contributed by atoms with Crippen molar-refractivity contribution in [3.63, 3.8) is 0 Å². The Morgan fingerprint density at radius 2 is 2.06 bits per heavy atom. The molecule has 2 atom stereocenters. The summed E-state index contributed by atoms with van der Waals surface area (Å²) < 4.78 is 22.2. The van der Waals surface area contributed by atoms with E-state index >= 15 is 0 Å². The van der Waals surface area contributed by atoms with Gasteiger partial charge in [-0.3, -0.25) is 9.69 Å². The largest absolute Gasteiger partial charge is 0.300 e. The first-order valence-corrected chi connectivity index (χ1v) is 8.98. The molecular formula is C13H23NO3S. The van der Waals surface area contributed by atoms with E-state index in [2.05, 4.69) is 4.90 Å². The molecule has 1 saturated carbocycles. The van der Waals surface area contributed by atoms with Crippen molar-refractivity contribution in [1.29, 1.82) is 0 Å². The Labute approximate surface area is 110 Å². The van der Waals surface area contributed by atoms with Crippen LogP contribution in [0.3, 0.4) is 0 Å². The van der Waals surface area contributed by atoms with E-state index in [0.29, 0.717) is 18.2 Å². The highest BCUT2D eigenvalue weighted by molar-refractivity contribution is 7.90. The van der Waals surface area contributed by atoms with Crippen LogP contribution in [0.4, 0.5) is 0 Å². The van der Waals surface area contributed by atoms with Gasteiger partial charge in [0.1, 0.15) is 15.6 Å². The van der Waals surface area contributed by atoms with Crippen LogP contribution in [0.15, 0.2) is 0 Å². The summed E-state index contributed by atoms with van der Waals surface area (Å²) in [5.74, 6) is 0.912. The maximum Gasteiger partial charge on any atom is 0.147 e. The minimum absolute atomic E-state index is 0.228. The summed E-state index contributed by atoms with van der Waals surface area (Å²) >= 11 is 0. The second-order valence-electron chi connectivity index (χ2n) is 5.69. The second-order valence-corrected chi connectivity index (χ2v) is 7.95. The lowest BCUT2D eigenvalue weighted by Crippen LogP contribution is -2.38. The molecule has 2 fully saturated rings. The van der Waals surface area contributed by atoms with E-state index in [4.69, 9.17) is 0 Å². The van der Waals surface area contributed by atoms with Gasteiger partial charge in [-0.15, -0.1) is 0 Å². The Bertz CT molecular complexity index is 404. The standard InChI is InChI=1S/C13H23NO3S/c1-18(16,17)10-4-9-14-8-3-6-12(14)11-5-2-7-13(11)15/h11-12H,2-10H2,1H3.